The highest BCUT2D eigenvalue weighted by atomic mass is 16.1. The maximum atomic E-state index is 12.8. The van der Waals surface area contributed by atoms with E-state index in [-0.39, 0.29) is 5.69 Å². The van der Waals surface area contributed by atoms with E-state index in [0.29, 0.717) is 5.69 Å². The van der Waals surface area contributed by atoms with E-state index in [4.69, 9.17) is 0 Å². The molecule has 4 heterocycles. The first-order valence-electron chi connectivity index (χ1n) is 9.96. The number of fused-ring (bicyclic) bond motifs is 3. The topological polar surface area (TPSA) is 64.7 Å². The molecule has 1 N–H and O–H groups in total. The van der Waals surface area contributed by atoms with Crippen molar-refractivity contribution in [3.8, 4) is 16.9 Å². The van der Waals surface area contributed by atoms with Crippen LogP contribution in [0.4, 0.5) is 0 Å². The average Bonchev–Trinajstić information content (AvgIpc) is 2.89. The Bertz CT molecular complexity index is 1270. The lowest BCUT2D eigenvalue weighted by Gasteiger charge is -2.08. The summed E-state index contributed by atoms with van der Waals surface area (Å²) in [7, 11) is 2.12. The Morgan fingerprint density at radius 1 is 1.07 bits per heavy atom. The standard InChI is InChI=1S/C23H23N5O/c1-15-3-4-16(14-25-15)20-9-12-28(23(29)26-20)17-5-6-18-19-7-10-24-11-8-21(19)27(2)22(18)13-17/h3-6,9,12-14,24H,7-8,10-11H2,1-2H3. The lowest BCUT2D eigenvalue weighted by atomic mass is 10.1. The van der Waals surface area contributed by atoms with Crippen LogP contribution >= 0.6 is 0 Å². The largest absolute Gasteiger partial charge is 0.352 e. The number of aromatic nitrogens is 4. The first-order chi connectivity index (χ1) is 14.1. The number of pyridine rings is 1. The summed E-state index contributed by atoms with van der Waals surface area (Å²) < 4.78 is 3.87. The van der Waals surface area contributed by atoms with E-state index in [9.17, 15) is 4.79 Å². The number of nitrogens with one attached hydrogen (secondary N) is 1. The highest BCUT2D eigenvalue weighted by Gasteiger charge is 2.17. The Hall–Kier alpha value is -3.25. The Morgan fingerprint density at radius 3 is 2.72 bits per heavy atom. The Kier molecular flexibility index (Phi) is 4.28. The molecule has 4 aromatic rings. The van der Waals surface area contributed by atoms with Crippen molar-refractivity contribution < 1.29 is 0 Å². The summed E-state index contributed by atoms with van der Waals surface area (Å²) in [5, 5.41) is 4.74. The fraction of sp³-hybridized carbons (Fsp3) is 0.261. The van der Waals surface area contributed by atoms with Crippen LogP contribution in [0.3, 0.4) is 0 Å². The molecule has 29 heavy (non-hydrogen) atoms. The lowest BCUT2D eigenvalue weighted by Crippen LogP contribution is -2.21. The fourth-order valence-electron chi connectivity index (χ4n) is 4.23. The van der Waals surface area contributed by atoms with Crippen LogP contribution in [-0.2, 0) is 19.9 Å². The molecule has 1 aliphatic rings. The third kappa shape index (κ3) is 3.06. The van der Waals surface area contributed by atoms with Crippen LogP contribution in [0.5, 0.6) is 0 Å². The summed E-state index contributed by atoms with van der Waals surface area (Å²) in [4.78, 5) is 21.3. The van der Waals surface area contributed by atoms with Crippen LogP contribution in [0.2, 0.25) is 0 Å². The van der Waals surface area contributed by atoms with Gasteiger partial charge < -0.3 is 9.88 Å². The van der Waals surface area contributed by atoms with E-state index in [0.717, 1.165) is 48.4 Å². The van der Waals surface area contributed by atoms with E-state index in [2.05, 4.69) is 39.0 Å². The molecule has 0 bridgehead atoms. The molecule has 0 spiro atoms. The molecule has 0 atom stereocenters. The molecule has 0 radical (unpaired) electrons. The van der Waals surface area contributed by atoms with Crippen molar-refractivity contribution in [2.24, 2.45) is 7.05 Å². The van der Waals surface area contributed by atoms with Gasteiger partial charge in [0.15, 0.2) is 0 Å². The van der Waals surface area contributed by atoms with Gasteiger partial charge in [0.05, 0.1) is 16.9 Å². The van der Waals surface area contributed by atoms with Crippen LogP contribution in [0.1, 0.15) is 17.0 Å². The van der Waals surface area contributed by atoms with E-state index >= 15 is 0 Å². The number of benzene rings is 1. The third-order valence-corrected chi connectivity index (χ3v) is 5.80. The zero-order chi connectivity index (χ0) is 20.0. The summed E-state index contributed by atoms with van der Waals surface area (Å²) >= 11 is 0. The van der Waals surface area contributed by atoms with Crippen LogP contribution in [0.25, 0.3) is 27.8 Å². The van der Waals surface area contributed by atoms with E-state index in [1.54, 1.807) is 17.0 Å². The molecule has 0 fully saturated rings. The molecule has 6 heteroatoms. The Labute approximate surface area is 168 Å². The van der Waals surface area contributed by atoms with Gasteiger partial charge >= 0.3 is 5.69 Å². The molecule has 1 aliphatic heterocycles. The van der Waals surface area contributed by atoms with E-state index in [1.807, 2.05) is 31.2 Å². The zero-order valence-corrected chi connectivity index (χ0v) is 16.6. The van der Waals surface area contributed by atoms with Crippen molar-refractivity contribution in [1.29, 1.82) is 0 Å². The molecule has 0 unspecified atom stereocenters. The van der Waals surface area contributed by atoms with Crippen LogP contribution in [-0.4, -0.2) is 32.2 Å². The normalized spacial score (nSPS) is 14.0. The van der Waals surface area contributed by atoms with Gasteiger partial charge in [-0.1, -0.05) is 6.07 Å². The highest BCUT2D eigenvalue weighted by Crippen LogP contribution is 2.29. The van der Waals surface area contributed by atoms with Crippen molar-refractivity contribution in [3.63, 3.8) is 0 Å². The predicted molar refractivity (Wildman–Crippen MR) is 115 cm³/mol. The van der Waals surface area contributed by atoms with Gasteiger partial charge in [-0.2, -0.15) is 4.98 Å². The molecule has 0 amide bonds. The van der Waals surface area contributed by atoms with Gasteiger partial charge in [-0.3, -0.25) is 9.55 Å². The number of rotatable bonds is 2. The molecule has 146 valence electrons. The molecule has 0 saturated carbocycles. The van der Waals surface area contributed by atoms with Gasteiger partial charge in [-0.15, -0.1) is 0 Å². The average molecular weight is 385 g/mol. The minimum absolute atomic E-state index is 0.289. The molecular formula is C23H23N5O. The minimum atomic E-state index is -0.289. The molecule has 5 rings (SSSR count). The summed E-state index contributed by atoms with van der Waals surface area (Å²) in [5.74, 6) is 0. The van der Waals surface area contributed by atoms with Gasteiger partial charge in [-0.05, 0) is 55.8 Å². The third-order valence-electron chi connectivity index (χ3n) is 5.80. The van der Waals surface area contributed by atoms with E-state index in [1.165, 1.54) is 16.6 Å². The van der Waals surface area contributed by atoms with Gasteiger partial charge in [-0.25, -0.2) is 4.79 Å². The molecule has 0 saturated heterocycles. The van der Waals surface area contributed by atoms with Crippen molar-refractivity contribution in [1.82, 2.24) is 24.4 Å². The Balaban J connectivity index is 1.58. The van der Waals surface area contributed by atoms with Gasteiger partial charge in [0.25, 0.3) is 0 Å². The first-order valence-corrected chi connectivity index (χ1v) is 9.96. The summed E-state index contributed by atoms with van der Waals surface area (Å²) in [6.07, 6.45) is 5.60. The maximum absolute atomic E-state index is 12.8. The predicted octanol–water partition coefficient (Wildman–Crippen LogP) is 2.78. The van der Waals surface area contributed by atoms with Crippen LogP contribution in [0.15, 0.2) is 53.6 Å². The molecule has 3 aromatic heterocycles. The highest BCUT2D eigenvalue weighted by molar-refractivity contribution is 5.87. The smallest absolute Gasteiger partial charge is 0.347 e. The number of hydrogen-bond donors (Lipinski definition) is 1. The second-order valence-corrected chi connectivity index (χ2v) is 7.59. The first kappa shape index (κ1) is 17.8. The maximum Gasteiger partial charge on any atom is 0.352 e. The van der Waals surface area contributed by atoms with Crippen molar-refractivity contribution in [3.05, 3.63) is 76.2 Å². The van der Waals surface area contributed by atoms with Crippen LogP contribution < -0.4 is 11.0 Å². The van der Waals surface area contributed by atoms with Crippen molar-refractivity contribution in [2.45, 2.75) is 19.8 Å². The number of nitrogens with zero attached hydrogens (tertiary/aromatic N) is 4. The molecule has 0 aliphatic carbocycles. The second kappa shape index (κ2) is 6.97. The number of aryl methyl sites for hydroxylation is 2. The van der Waals surface area contributed by atoms with Gasteiger partial charge in [0.2, 0.25) is 0 Å². The lowest BCUT2D eigenvalue weighted by molar-refractivity contribution is 0.699. The molecule has 1 aromatic carbocycles. The SMILES string of the molecule is Cc1ccc(-c2ccn(-c3ccc4c5c(n(C)c4c3)CCNCC5)c(=O)n2)cn1. The van der Waals surface area contributed by atoms with Gasteiger partial charge in [0, 0.05) is 54.7 Å². The summed E-state index contributed by atoms with van der Waals surface area (Å²) in [5.41, 5.74) is 6.93. The van der Waals surface area contributed by atoms with Crippen molar-refractivity contribution in [2.75, 3.05) is 13.1 Å². The molecular weight excluding hydrogens is 362 g/mol. The monoisotopic (exact) mass is 385 g/mol. The van der Waals surface area contributed by atoms with E-state index < -0.39 is 0 Å². The summed E-state index contributed by atoms with van der Waals surface area (Å²) in [6.45, 7) is 3.94. The second-order valence-electron chi connectivity index (χ2n) is 7.59. The number of hydrogen-bond acceptors (Lipinski definition) is 4. The van der Waals surface area contributed by atoms with Crippen LogP contribution in [0, 0.1) is 6.92 Å². The fourth-order valence-corrected chi connectivity index (χ4v) is 4.23. The quantitative estimate of drug-likeness (QED) is 0.576. The minimum Gasteiger partial charge on any atom is -0.347 e. The Morgan fingerprint density at radius 2 is 1.93 bits per heavy atom. The summed E-state index contributed by atoms with van der Waals surface area (Å²) in [6, 6.07) is 12.0. The molecule has 6 nitrogen and oxygen atoms in total. The zero-order valence-electron chi connectivity index (χ0n) is 16.6. The van der Waals surface area contributed by atoms with Crippen molar-refractivity contribution >= 4 is 10.9 Å². The van der Waals surface area contributed by atoms with Gasteiger partial charge in [0.1, 0.15) is 0 Å².